The Kier molecular flexibility index (Phi) is 5.08. The molecular formula is C11H19N3O4. The Bertz CT molecular complexity index is 339. The first-order valence-corrected chi connectivity index (χ1v) is 5.96. The third-order valence-corrected chi connectivity index (χ3v) is 2.58. The van der Waals surface area contributed by atoms with E-state index in [-0.39, 0.29) is 18.5 Å². The molecule has 0 bridgehead atoms. The number of carbonyl (C=O) groups is 3. The summed E-state index contributed by atoms with van der Waals surface area (Å²) in [5.74, 6) is -1.70. The van der Waals surface area contributed by atoms with Crippen molar-refractivity contribution in [3.8, 4) is 0 Å². The standard InChI is InChI=1S/C11H19N3O4/c1-6(2)9(10(16)17)12-5-8(15)14-11(18)13-7-3-4-7/h6-7,9,12H,3-5H2,1-2H3,(H,16,17)(H2,13,14,15,18). The largest absolute Gasteiger partial charge is 0.480 e. The van der Waals surface area contributed by atoms with Crippen LogP contribution in [-0.4, -0.2) is 41.6 Å². The molecule has 0 aliphatic heterocycles. The van der Waals surface area contributed by atoms with Crippen LogP contribution < -0.4 is 16.0 Å². The summed E-state index contributed by atoms with van der Waals surface area (Å²) >= 11 is 0. The van der Waals surface area contributed by atoms with Crippen LogP contribution in [0.1, 0.15) is 26.7 Å². The summed E-state index contributed by atoms with van der Waals surface area (Å²) in [5, 5.41) is 16.2. The normalized spacial score (nSPS) is 16.2. The van der Waals surface area contributed by atoms with Crippen molar-refractivity contribution < 1.29 is 19.5 Å². The first-order chi connectivity index (χ1) is 8.40. The van der Waals surface area contributed by atoms with Crippen molar-refractivity contribution in [2.24, 2.45) is 5.92 Å². The van der Waals surface area contributed by atoms with Crippen LogP contribution in [0.5, 0.6) is 0 Å². The topological polar surface area (TPSA) is 108 Å². The molecule has 1 aliphatic carbocycles. The molecule has 1 aliphatic rings. The number of aliphatic carboxylic acids is 1. The molecular weight excluding hydrogens is 238 g/mol. The highest BCUT2D eigenvalue weighted by molar-refractivity contribution is 5.95. The van der Waals surface area contributed by atoms with Crippen LogP contribution >= 0.6 is 0 Å². The van der Waals surface area contributed by atoms with Crippen LogP contribution in [0, 0.1) is 5.92 Å². The van der Waals surface area contributed by atoms with E-state index in [2.05, 4.69) is 16.0 Å². The van der Waals surface area contributed by atoms with Crippen LogP contribution in [0.3, 0.4) is 0 Å². The molecule has 1 atom stereocenters. The molecule has 7 nitrogen and oxygen atoms in total. The maximum atomic E-state index is 11.4. The van der Waals surface area contributed by atoms with Gasteiger partial charge in [0.2, 0.25) is 5.91 Å². The van der Waals surface area contributed by atoms with Crippen LogP contribution in [0.2, 0.25) is 0 Å². The molecule has 1 saturated carbocycles. The number of hydrogen-bond acceptors (Lipinski definition) is 4. The summed E-state index contributed by atoms with van der Waals surface area (Å²) in [4.78, 5) is 33.5. The predicted molar refractivity (Wildman–Crippen MR) is 64.0 cm³/mol. The van der Waals surface area contributed by atoms with Crippen LogP contribution in [0.4, 0.5) is 4.79 Å². The van der Waals surface area contributed by atoms with Crippen molar-refractivity contribution in [3.05, 3.63) is 0 Å². The fourth-order valence-corrected chi connectivity index (χ4v) is 1.43. The molecule has 0 radical (unpaired) electrons. The van der Waals surface area contributed by atoms with Gasteiger partial charge in [0.25, 0.3) is 0 Å². The Morgan fingerprint density at radius 3 is 2.33 bits per heavy atom. The number of hydrogen-bond donors (Lipinski definition) is 4. The lowest BCUT2D eigenvalue weighted by molar-refractivity contribution is -0.140. The van der Waals surface area contributed by atoms with E-state index in [1.165, 1.54) is 0 Å². The van der Waals surface area contributed by atoms with Crippen LogP contribution in [-0.2, 0) is 9.59 Å². The molecule has 0 aromatic heterocycles. The van der Waals surface area contributed by atoms with E-state index in [4.69, 9.17) is 5.11 Å². The van der Waals surface area contributed by atoms with Crippen molar-refractivity contribution >= 4 is 17.9 Å². The quantitative estimate of drug-likeness (QED) is 0.521. The Hall–Kier alpha value is -1.63. The second-order valence-electron chi connectivity index (χ2n) is 4.74. The van der Waals surface area contributed by atoms with Crippen molar-refractivity contribution in [2.45, 2.75) is 38.8 Å². The number of carboxylic acid groups (broad SMARTS) is 1. The number of imide groups is 1. The fourth-order valence-electron chi connectivity index (χ4n) is 1.43. The fraction of sp³-hybridized carbons (Fsp3) is 0.727. The molecule has 1 rings (SSSR count). The van der Waals surface area contributed by atoms with E-state index >= 15 is 0 Å². The first-order valence-electron chi connectivity index (χ1n) is 5.96. The monoisotopic (exact) mass is 257 g/mol. The third-order valence-electron chi connectivity index (χ3n) is 2.58. The molecule has 0 aromatic carbocycles. The Morgan fingerprint density at radius 1 is 1.28 bits per heavy atom. The molecule has 3 amide bonds. The van der Waals surface area contributed by atoms with E-state index in [1.807, 2.05) is 0 Å². The lowest BCUT2D eigenvalue weighted by Crippen LogP contribution is -2.48. The minimum Gasteiger partial charge on any atom is -0.480 e. The van der Waals surface area contributed by atoms with Crippen molar-refractivity contribution in [3.63, 3.8) is 0 Å². The Balaban J connectivity index is 2.26. The van der Waals surface area contributed by atoms with E-state index in [0.29, 0.717) is 0 Å². The van der Waals surface area contributed by atoms with Gasteiger partial charge in [-0.1, -0.05) is 13.8 Å². The maximum absolute atomic E-state index is 11.4. The van der Waals surface area contributed by atoms with Crippen molar-refractivity contribution in [1.82, 2.24) is 16.0 Å². The van der Waals surface area contributed by atoms with Gasteiger partial charge in [0, 0.05) is 6.04 Å². The van der Waals surface area contributed by atoms with E-state index in [1.54, 1.807) is 13.8 Å². The van der Waals surface area contributed by atoms with Crippen molar-refractivity contribution in [1.29, 1.82) is 0 Å². The summed E-state index contributed by atoms with van der Waals surface area (Å²) in [5.41, 5.74) is 0. The predicted octanol–water partition coefficient (Wildman–Crippen LogP) is -0.327. The van der Waals surface area contributed by atoms with Crippen molar-refractivity contribution in [2.75, 3.05) is 6.54 Å². The van der Waals surface area contributed by atoms with Gasteiger partial charge in [-0.05, 0) is 18.8 Å². The molecule has 0 saturated heterocycles. The summed E-state index contributed by atoms with van der Waals surface area (Å²) in [6.45, 7) is 3.28. The zero-order chi connectivity index (χ0) is 13.7. The highest BCUT2D eigenvalue weighted by Crippen LogP contribution is 2.18. The lowest BCUT2D eigenvalue weighted by Gasteiger charge is -2.17. The number of amides is 3. The number of nitrogens with one attached hydrogen (secondary N) is 3. The highest BCUT2D eigenvalue weighted by Gasteiger charge is 2.25. The average Bonchev–Trinajstić information content (AvgIpc) is 3.00. The van der Waals surface area contributed by atoms with Gasteiger partial charge in [0.05, 0.1) is 6.54 Å². The Morgan fingerprint density at radius 2 is 1.89 bits per heavy atom. The van der Waals surface area contributed by atoms with Gasteiger partial charge in [0.1, 0.15) is 6.04 Å². The molecule has 0 heterocycles. The van der Waals surface area contributed by atoms with E-state index in [9.17, 15) is 14.4 Å². The number of carboxylic acids is 1. The van der Waals surface area contributed by atoms with Crippen LogP contribution in [0.25, 0.3) is 0 Å². The molecule has 1 fully saturated rings. The third kappa shape index (κ3) is 5.13. The van der Waals surface area contributed by atoms with E-state index in [0.717, 1.165) is 12.8 Å². The zero-order valence-electron chi connectivity index (χ0n) is 10.5. The minimum atomic E-state index is -1.01. The molecule has 102 valence electrons. The van der Waals surface area contributed by atoms with Gasteiger partial charge < -0.3 is 10.4 Å². The molecule has 0 aromatic rings. The number of urea groups is 1. The van der Waals surface area contributed by atoms with Gasteiger partial charge in [-0.2, -0.15) is 0 Å². The average molecular weight is 257 g/mol. The summed E-state index contributed by atoms with van der Waals surface area (Å²) in [6.07, 6.45) is 1.88. The molecule has 18 heavy (non-hydrogen) atoms. The summed E-state index contributed by atoms with van der Waals surface area (Å²) < 4.78 is 0. The molecule has 7 heteroatoms. The SMILES string of the molecule is CC(C)C(NCC(=O)NC(=O)NC1CC1)C(=O)O. The second kappa shape index (κ2) is 6.34. The molecule has 0 spiro atoms. The van der Waals surface area contributed by atoms with Gasteiger partial charge in [-0.15, -0.1) is 0 Å². The Labute approximate surface area is 105 Å². The van der Waals surface area contributed by atoms with Crippen LogP contribution in [0.15, 0.2) is 0 Å². The maximum Gasteiger partial charge on any atom is 0.321 e. The van der Waals surface area contributed by atoms with Gasteiger partial charge in [0.15, 0.2) is 0 Å². The molecule has 4 N–H and O–H groups in total. The smallest absolute Gasteiger partial charge is 0.321 e. The van der Waals surface area contributed by atoms with Gasteiger partial charge in [-0.25, -0.2) is 4.79 Å². The van der Waals surface area contributed by atoms with Gasteiger partial charge in [-0.3, -0.25) is 20.2 Å². The molecule has 1 unspecified atom stereocenters. The zero-order valence-corrected chi connectivity index (χ0v) is 10.5. The number of carbonyl (C=O) groups excluding carboxylic acids is 2. The van der Waals surface area contributed by atoms with Gasteiger partial charge >= 0.3 is 12.0 Å². The second-order valence-corrected chi connectivity index (χ2v) is 4.74. The number of rotatable bonds is 6. The summed E-state index contributed by atoms with van der Waals surface area (Å²) in [7, 11) is 0. The lowest BCUT2D eigenvalue weighted by atomic mass is 10.1. The first kappa shape index (κ1) is 14.4. The van der Waals surface area contributed by atoms with E-state index < -0.39 is 23.9 Å². The highest BCUT2D eigenvalue weighted by atomic mass is 16.4. The minimum absolute atomic E-state index is 0.143. The summed E-state index contributed by atoms with van der Waals surface area (Å²) in [6, 6.07) is -1.16.